The highest BCUT2D eigenvalue weighted by atomic mass is 32.1. The zero-order chi connectivity index (χ0) is 24.5. The van der Waals surface area contributed by atoms with E-state index in [0.717, 1.165) is 17.7 Å². The summed E-state index contributed by atoms with van der Waals surface area (Å²) in [5.41, 5.74) is 3.45. The Bertz CT molecular complexity index is 973. The molecule has 0 saturated heterocycles. The summed E-state index contributed by atoms with van der Waals surface area (Å²) >= 11 is 1.74. The van der Waals surface area contributed by atoms with Gasteiger partial charge < -0.3 is 19.5 Å². The van der Waals surface area contributed by atoms with E-state index in [0.29, 0.717) is 32.8 Å². The minimum absolute atomic E-state index is 0.0205. The summed E-state index contributed by atoms with van der Waals surface area (Å²) in [7, 11) is 0. The van der Waals surface area contributed by atoms with E-state index in [-0.39, 0.29) is 25.1 Å². The highest BCUT2D eigenvalue weighted by molar-refractivity contribution is 7.10. The maximum Gasteiger partial charge on any atom is 0.237 e. The number of hydrogen-bond donors (Lipinski definition) is 1. The highest BCUT2D eigenvalue weighted by Crippen LogP contribution is 2.34. The van der Waals surface area contributed by atoms with Gasteiger partial charge in [0.2, 0.25) is 5.91 Å². The lowest BCUT2D eigenvalue weighted by molar-refractivity contribution is -0.136. The Labute approximate surface area is 207 Å². The fourth-order valence-electron chi connectivity index (χ4n) is 4.31. The van der Waals surface area contributed by atoms with Gasteiger partial charge in [-0.3, -0.25) is 9.69 Å². The topological polar surface area (TPSA) is 62.2 Å². The van der Waals surface area contributed by atoms with E-state index in [2.05, 4.69) is 37.6 Å². The average Bonchev–Trinajstić information content (AvgIpc) is 3.28. The van der Waals surface area contributed by atoms with Crippen LogP contribution >= 0.6 is 11.3 Å². The number of aliphatic hydroxyl groups is 1. The number of ether oxygens (including phenoxy) is 2. The number of nitrogens with zero attached hydrogens (tertiary/aromatic N) is 2. The molecule has 1 aromatic heterocycles. The number of aryl methyl sites for hydroxylation is 2. The van der Waals surface area contributed by atoms with Crippen molar-refractivity contribution in [2.24, 2.45) is 0 Å². The lowest BCUT2D eigenvalue weighted by Crippen LogP contribution is -2.48. The molecule has 0 unspecified atom stereocenters. The van der Waals surface area contributed by atoms with Crippen molar-refractivity contribution in [3.05, 3.63) is 76.5 Å². The molecule has 7 heteroatoms. The predicted molar refractivity (Wildman–Crippen MR) is 138 cm³/mol. The molecule has 0 radical (unpaired) electrons. The van der Waals surface area contributed by atoms with E-state index in [4.69, 9.17) is 9.47 Å². The molecule has 184 valence electrons. The van der Waals surface area contributed by atoms with E-state index >= 15 is 0 Å². The van der Waals surface area contributed by atoms with E-state index in [1.807, 2.05) is 28.9 Å². The van der Waals surface area contributed by atoms with Crippen molar-refractivity contribution in [2.45, 2.75) is 32.4 Å². The van der Waals surface area contributed by atoms with E-state index in [1.165, 1.54) is 16.0 Å². The molecular formula is C27H36N2O4S. The SMILES string of the molecule is C=CCOC[C@@H](O)CN(CC=C)CC(=O)N1CCc2sccc2[C@H]1COc1ccc(C)cc1C. The van der Waals surface area contributed by atoms with Crippen LogP contribution in [0, 0.1) is 13.8 Å². The number of benzene rings is 1. The summed E-state index contributed by atoms with van der Waals surface area (Å²) in [4.78, 5) is 18.6. The summed E-state index contributed by atoms with van der Waals surface area (Å²) in [6.07, 6.45) is 3.55. The maximum atomic E-state index is 13.5. The molecule has 34 heavy (non-hydrogen) atoms. The maximum absolute atomic E-state index is 13.5. The molecule has 1 amide bonds. The zero-order valence-electron chi connectivity index (χ0n) is 20.2. The van der Waals surface area contributed by atoms with Crippen molar-refractivity contribution in [3.63, 3.8) is 0 Å². The Hall–Kier alpha value is -2.45. The molecule has 0 aliphatic carbocycles. The predicted octanol–water partition coefficient (Wildman–Crippen LogP) is 3.92. The van der Waals surface area contributed by atoms with Crippen molar-refractivity contribution in [2.75, 3.05) is 46.0 Å². The van der Waals surface area contributed by atoms with Gasteiger partial charge in [0.05, 0.1) is 31.9 Å². The largest absolute Gasteiger partial charge is 0.491 e. The van der Waals surface area contributed by atoms with Crippen LogP contribution in [-0.2, 0) is 16.0 Å². The molecule has 6 nitrogen and oxygen atoms in total. The number of carbonyl (C=O) groups is 1. The van der Waals surface area contributed by atoms with Crippen LogP contribution in [0.3, 0.4) is 0 Å². The third-order valence-corrected chi connectivity index (χ3v) is 6.90. The van der Waals surface area contributed by atoms with Gasteiger partial charge in [-0.15, -0.1) is 24.5 Å². The molecule has 0 fully saturated rings. The van der Waals surface area contributed by atoms with Crippen LogP contribution in [0.5, 0.6) is 5.75 Å². The number of fused-ring (bicyclic) bond motifs is 1. The minimum atomic E-state index is -0.693. The van der Waals surface area contributed by atoms with Crippen LogP contribution in [0.4, 0.5) is 0 Å². The van der Waals surface area contributed by atoms with Gasteiger partial charge in [-0.05, 0) is 48.9 Å². The van der Waals surface area contributed by atoms with Gasteiger partial charge in [-0.2, -0.15) is 0 Å². The summed E-state index contributed by atoms with van der Waals surface area (Å²) in [6.45, 7) is 14.2. The Morgan fingerprint density at radius 3 is 2.88 bits per heavy atom. The second kappa shape index (κ2) is 12.9. The molecule has 1 aliphatic rings. The molecule has 0 spiro atoms. The van der Waals surface area contributed by atoms with Crippen LogP contribution in [0.25, 0.3) is 0 Å². The van der Waals surface area contributed by atoms with Crippen LogP contribution in [0.1, 0.15) is 27.6 Å². The molecule has 2 heterocycles. The Morgan fingerprint density at radius 2 is 2.15 bits per heavy atom. The van der Waals surface area contributed by atoms with E-state index in [1.54, 1.807) is 23.5 Å². The number of amides is 1. The molecule has 1 aromatic carbocycles. The summed E-state index contributed by atoms with van der Waals surface area (Å²) in [5.74, 6) is 0.864. The summed E-state index contributed by atoms with van der Waals surface area (Å²) < 4.78 is 11.6. The molecular weight excluding hydrogens is 448 g/mol. The van der Waals surface area contributed by atoms with Crippen LogP contribution in [0.2, 0.25) is 0 Å². The second-order valence-electron chi connectivity index (χ2n) is 8.69. The number of hydrogen-bond acceptors (Lipinski definition) is 6. The van der Waals surface area contributed by atoms with Gasteiger partial charge in [-0.1, -0.05) is 29.8 Å². The Morgan fingerprint density at radius 1 is 1.32 bits per heavy atom. The number of rotatable bonds is 13. The first-order valence-corrected chi connectivity index (χ1v) is 12.6. The normalized spacial score (nSPS) is 16.2. The highest BCUT2D eigenvalue weighted by Gasteiger charge is 2.33. The van der Waals surface area contributed by atoms with E-state index < -0.39 is 6.10 Å². The average molecular weight is 485 g/mol. The van der Waals surface area contributed by atoms with Crippen molar-refractivity contribution in [3.8, 4) is 5.75 Å². The Kier molecular flexibility index (Phi) is 9.89. The smallest absolute Gasteiger partial charge is 0.237 e. The van der Waals surface area contributed by atoms with Crippen molar-refractivity contribution < 1.29 is 19.4 Å². The van der Waals surface area contributed by atoms with Crippen molar-refractivity contribution >= 4 is 17.2 Å². The fraction of sp³-hybridized carbons (Fsp3) is 0.444. The van der Waals surface area contributed by atoms with Gasteiger partial charge in [0.15, 0.2) is 0 Å². The third kappa shape index (κ3) is 7.03. The van der Waals surface area contributed by atoms with Gasteiger partial charge in [0, 0.05) is 24.5 Å². The molecule has 0 saturated carbocycles. The summed E-state index contributed by atoms with van der Waals surface area (Å²) in [5, 5.41) is 12.4. The summed E-state index contributed by atoms with van der Waals surface area (Å²) in [6, 6.07) is 8.11. The van der Waals surface area contributed by atoms with Gasteiger partial charge >= 0.3 is 0 Å². The van der Waals surface area contributed by atoms with Gasteiger partial charge in [0.1, 0.15) is 12.4 Å². The first-order valence-electron chi connectivity index (χ1n) is 11.7. The van der Waals surface area contributed by atoms with Crippen LogP contribution in [0.15, 0.2) is 55.0 Å². The zero-order valence-corrected chi connectivity index (χ0v) is 21.1. The second-order valence-corrected chi connectivity index (χ2v) is 9.70. The van der Waals surface area contributed by atoms with Crippen molar-refractivity contribution in [1.82, 2.24) is 9.80 Å². The van der Waals surface area contributed by atoms with Crippen molar-refractivity contribution in [1.29, 1.82) is 0 Å². The minimum Gasteiger partial charge on any atom is -0.491 e. The third-order valence-electron chi connectivity index (χ3n) is 5.90. The number of aliphatic hydroxyl groups excluding tert-OH is 1. The van der Waals surface area contributed by atoms with E-state index in [9.17, 15) is 9.90 Å². The monoisotopic (exact) mass is 484 g/mol. The quantitative estimate of drug-likeness (QED) is 0.345. The van der Waals surface area contributed by atoms with Crippen LogP contribution < -0.4 is 4.74 Å². The van der Waals surface area contributed by atoms with Gasteiger partial charge in [-0.25, -0.2) is 0 Å². The molecule has 3 rings (SSSR count). The first-order chi connectivity index (χ1) is 16.4. The van der Waals surface area contributed by atoms with Crippen LogP contribution in [-0.4, -0.2) is 72.9 Å². The lowest BCUT2D eigenvalue weighted by atomic mass is 10.00. The fourth-order valence-corrected chi connectivity index (χ4v) is 5.24. The number of carbonyl (C=O) groups excluding carboxylic acids is 1. The lowest BCUT2D eigenvalue weighted by Gasteiger charge is -2.37. The first kappa shape index (κ1) is 26.2. The standard InChI is InChI=1S/C27H36N2O4S/c1-5-11-28(16-22(30)18-32-13-6-2)17-27(31)29-12-9-26-23(10-14-34-26)24(29)19-33-25-8-7-20(3)15-21(25)4/h5-8,10,14-15,22,24,30H,1-2,9,11-13,16-19H2,3-4H3/t22-,24+/m0/s1. The number of thiophene rings is 1. The van der Waals surface area contributed by atoms with Gasteiger partial charge in [0.25, 0.3) is 0 Å². The molecule has 1 aliphatic heterocycles. The Balaban J connectivity index is 1.69. The molecule has 1 N–H and O–H groups in total. The molecule has 2 atom stereocenters. The molecule has 2 aromatic rings. The molecule has 0 bridgehead atoms.